The summed E-state index contributed by atoms with van der Waals surface area (Å²) < 4.78 is 5.38. The van der Waals surface area contributed by atoms with E-state index in [0.717, 1.165) is 18.4 Å². The molecule has 1 heterocycles. The van der Waals surface area contributed by atoms with Crippen molar-refractivity contribution in [2.24, 2.45) is 0 Å². The Hall–Kier alpha value is -2.55. The molecule has 0 aromatic heterocycles. The van der Waals surface area contributed by atoms with Crippen molar-refractivity contribution >= 4 is 12.0 Å². The molecule has 1 N–H and O–H groups in total. The fourth-order valence-corrected chi connectivity index (χ4v) is 2.84. The molecule has 1 saturated heterocycles. The molecule has 0 radical (unpaired) electrons. The van der Waals surface area contributed by atoms with Crippen LogP contribution in [0.3, 0.4) is 0 Å². The first-order valence-corrected chi connectivity index (χ1v) is 9.03. The van der Waals surface area contributed by atoms with Crippen LogP contribution in [0.25, 0.3) is 0 Å². The lowest BCUT2D eigenvalue weighted by molar-refractivity contribution is -0.122. The zero-order valence-corrected chi connectivity index (χ0v) is 15.7. The standard InChI is InChI=1S/C20H27N3O3/c1-20(2,3)26-19(25)23-12-10-17(11-13-23)22-18(24)9-8-15-4-6-16(14-21)7-5-15/h4-7,17H,8-13H2,1-3H3,(H,22,24). The Morgan fingerprint density at radius 2 is 1.85 bits per heavy atom. The summed E-state index contributed by atoms with van der Waals surface area (Å²) >= 11 is 0. The Kier molecular flexibility index (Phi) is 6.62. The highest BCUT2D eigenvalue weighted by atomic mass is 16.6. The SMILES string of the molecule is CC(C)(C)OC(=O)N1CCC(NC(=O)CCc2ccc(C#N)cc2)CC1. The highest BCUT2D eigenvalue weighted by Crippen LogP contribution is 2.15. The number of carbonyl (C=O) groups is 2. The smallest absolute Gasteiger partial charge is 0.410 e. The van der Waals surface area contributed by atoms with Crippen molar-refractivity contribution in [1.29, 1.82) is 5.26 Å². The monoisotopic (exact) mass is 357 g/mol. The predicted molar refractivity (Wildman–Crippen MR) is 98.4 cm³/mol. The van der Waals surface area contributed by atoms with E-state index in [1.807, 2.05) is 32.9 Å². The van der Waals surface area contributed by atoms with Crippen LogP contribution in [-0.4, -0.2) is 41.6 Å². The van der Waals surface area contributed by atoms with Gasteiger partial charge in [0.15, 0.2) is 0 Å². The predicted octanol–water partition coefficient (Wildman–Crippen LogP) is 3.01. The molecule has 6 nitrogen and oxygen atoms in total. The van der Waals surface area contributed by atoms with Gasteiger partial charge in [0.1, 0.15) is 5.60 Å². The van der Waals surface area contributed by atoms with E-state index in [1.54, 1.807) is 17.0 Å². The third kappa shape index (κ3) is 6.40. The first kappa shape index (κ1) is 19.8. The molecule has 0 atom stereocenters. The number of hydrogen-bond acceptors (Lipinski definition) is 4. The van der Waals surface area contributed by atoms with Crippen LogP contribution in [-0.2, 0) is 16.0 Å². The molecule has 0 saturated carbocycles. The second-order valence-electron chi connectivity index (χ2n) is 7.62. The van der Waals surface area contributed by atoms with E-state index >= 15 is 0 Å². The summed E-state index contributed by atoms with van der Waals surface area (Å²) in [6.45, 7) is 6.74. The topological polar surface area (TPSA) is 82.4 Å². The van der Waals surface area contributed by atoms with E-state index in [0.29, 0.717) is 31.5 Å². The molecule has 1 aromatic rings. The van der Waals surface area contributed by atoms with Crippen LogP contribution in [0.15, 0.2) is 24.3 Å². The van der Waals surface area contributed by atoms with Gasteiger partial charge in [-0.2, -0.15) is 5.26 Å². The van der Waals surface area contributed by atoms with Gasteiger partial charge in [0.05, 0.1) is 11.6 Å². The Morgan fingerprint density at radius 1 is 1.23 bits per heavy atom. The minimum absolute atomic E-state index is 0.0186. The summed E-state index contributed by atoms with van der Waals surface area (Å²) in [5, 5.41) is 11.8. The molecule has 0 bridgehead atoms. The molecule has 140 valence electrons. The lowest BCUT2D eigenvalue weighted by Gasteiger charge is -2.33. The lowest BCUT2D eigenvalue weighted by atomic mass is 10.0. The number of nitrogens with one attached hydrogen (secondary N) is 1. The highest BCUT2D eigenvalue weighted by Gasteiger charge is 2.27. The molecule has 1 fully saturated rings. The zero-order chi connectivity index (χ0) is 19.2. The van der Waals surface area contributed by atoms with Gasteiger partial charge in [-0.25, -0.2) is 4.79 Å². The van der Waals surface area contributed by atoms with Crippen molar-refractivity contribution in [3.8, 4) is 6.07 Å². The summed E-state index contributed by atoms with van der Waals surface area (Å²) in [5.74, 6) is 0.0186. The van der Waals surface area contributed by atoms with Crippen LogP contribution in [0.2, 0.25) is 0 Å². The van der Waals surface area contributed by atoms with Crippen LogP contribution in [0, 0.1) is 11.3 Å². The number of aryl methyl sites for hydroxylation is 1. The number of ether oxygens (including phenoxy) is 1. The Labute approximate surface area is 155 Å². The second-order valence-corrected chi connectivity index (χ2v) is 7.62. The van der Waals surface area contributed by atoms with E-state index < -0.39 is 5.60 Å². The average Bonchev–Trinajstić information content (AvgIpc) is 2.59. The normalized spacial score (nSPS) is 15.2. The lowest BCUT2D eigenvalue weighted by Crippen LogP contribution is -2.47. The first-order chi connectivity index (χ1) is 12.3. The Bertz CT molecular complexity index is 663. The fraction of sp³-hybridized carbons (Fsp3) is 0.550. The van der Waals surface area contributed by atoms with E-state index in [1.165, 1.54) is 0 Å². The van der Waals surface area contributed by atoms with Crippen molar-refractivity contribution in [3.05, 3.63) is 35.4 Å². The molecule has 26 heavy (non-hydrogen) atoms. The van der Waals surface area contributed by atoms with E-state index in [-0.39, 0.29) is 18.0 Å². The minimum Gasteiger partial charge on any atom is -0.444 e. The van der Waals surface area contributed by atoms with Gasteiger partial charge in [-0.3, -0.25) is 4.79 Å². The summed E-state index contributed by atoms with van der Waals surface area (Å²) in [4.78, 5) is 25.9. The Balaban J connectivity index is 1.70. The minimum atomic E-state index is -0.492. The van der Waals surface area contributed by atoms with Crippen LogP contribution in [0.4, 0.5) is 4.79 Å². The highest BCUT2D eigenvalue weighted by molar-refractivity contribution is 5.76. The third-order valence-corrected chi connectivity index (χ3v) is 4.24. The van der Waals surface area contributed by atoms with Crippen LogP contribution in [0.1, 0.15) is 51.2 Å². The summed E-state index contributed by atoms with van der Waals surface area (Å²) in [7, 11) is 0. The molecule has 1 aromatic carbocycles. The van der Waals surface area contributed by atoms with Gasteiger partial charge in [0.25, 0.3) is 0 Å². The largest absolute Gasteiger partial charge is 0.444 e. The van der Waals surface area contributed by atoms with E-state index in [2.05, 4.69) is 11.4 Å². The van der Waals surface area contributed by atoms with Gasteiger partial charge in [-0.15, -0.1) is 0 Å². The summed E-state index contributed by atoms with van der Waals surface area (Å²) in [6.07, 6.45) is 2.25. The number of rotatable bonds is 4. The number of benzene rings is 1. The van der Waals surface area contributed by atoms with E-state index in [9.17, 15) is 9.59 Å². The van der Waals surface area contributed by atoms with Gasteiger partial charge in [0, 0.05) is 25.6 Å². The van der Waals surface area contributed by atoms with Crippen molar-refractivity contribution < 1.29 is 14.3 Å². The van der Waals surface area contributed by atoms with Crippen molar-refractivity contribution in [3.63, 3.8) is 0 Å². The van der Waals surface area contributed by atoms with Gasteiger partial charge in [-0.05, 0) is 57.7 Å². The zero-order valence-electron chi connectivity index (χ0n) is 15.7. The van der Waals surface area contributed by atoms with E-state index in [4.69, 9.17) is 10.00 Å². The molecule has 0 unspecified atom stereocenters. The number of piperidine rings is 1. The first-order valence-electron chi connectivity index (χ1n) is 9.03. The third-order valence-electron chi connectivity index (χ3n) is 4.24. The molecular weight excluding hydrogens is 330 g/mol. The van der Waals surface area contributed by atoms with Gasteiger partial charge < -0.3 is 15.0 Å². The fourth-order valence-electron chi connectivity index (χ4n) is 2.84. The Morgan fingerprint density at radius 3 is 2.38 bits per heavy atom. The van der Waals surface area contributed by atoms with Gasteiger partial charge >= 0.3 is 6.09 Å². The number of amides is 2. The van der Waals surface area contributed by atoms with Crippen molar-refractivity contribution in [2.75, 3.05) is 13.1 Å². The maximum absolute atomic E-state index is 12.1. The van der Waals surface area contributed by atoms with Crippen molar-refractivity contribution in [2.45, 2.75) is 58.1 Å². The van der Waals surface area contributed by atoms with Crippen LogP contribution >= 0.6 is 0 Å². The summed E-state index contributed by atoms with van der Waals surface area (Å²) in [5.41, 5.74) is 1.17. The molecular formula is C20H27N3O3. The molecule has 0 spiro atoms. The van der Waals surface area contributed by atoms with Gasteiger partial charge in [0.2, 0.25) is 5.91 Å². The van der Waals surface area contributed by atoms with Crippen LogP contribution < -0.4 is 5.32 Å². The molecule has 1 aliphatic rings. The maximum atomic E-state index is 12.1. The molecule has 0 aliphatic carbocycles. The van der Waals surface area contributed by atoms with Gasteiger partial charge in [-0.1, -0.05) is 12.1 Å². The quantitative estimate of drug-likeness (QED) is 0.898. The number of hydrogen-bond donors (Lipinski definition) is 1. The maximum Gasteiger partial charge on any atom is 0.410 e. The number of carbonyl (C=O) groups excluding carboxylic acids is 2. The molecule has 6 heteroatoms. The second kappa shape index (κ2) is 8.70. The van der Waals surface area contributed by atoms with Crippen molar-refractivity contribution in [1.82, 2.24) is 10.2 Å². The van der Waals surface area contributed by atoms with Crippen LogP contribution in [0.5, 0.6) is 0 Å². The number of nitriles is 1. The molecule has 2 amide bonds. The molecule has 1 aliphatic heterocycles. The molecule has 2 rings (SSSR count). The number of likely N-dealkylation sites (tertiary alicyclic amines) is 1. The summed E-state index contributed by atoms with van der Waals surface area (Å²) in [6, 6.07) is 9.47. The average molecular weight is 357 g/mol. The number of nitrogens with zero attached hydrogens (tertiary/aromatic N) is 2.